The van der Waals surface area contributed by atoms with Gasteiger partial charge in [-0.05, 0) is 12.1 Å². The number of hydrogen-bond donors (Lipinski definition) is 2. The summed E-state index contributed by atoms with van der Waals surface area (Å²) in [7, 11) is 0. The Balaban J connectivity index is 2.03. The van der Waals surface area contributed by atoms with E-state index in [9.17, 15) is 5.26 Å². The topological polar surface area (TPSA) is 96.3 Å². The summed E-state index contributed by atoms with van der Waals surface area (Å²) in [6.07, 6.45) is 0. The van der Waals surface area contributed by atoms with E-state index in [4.69, 9.17) is 5.73 Å². The van der Waals surface area contributed by atoms with Gasteiger partial charge in [0.1, 0.15) is 23.1 Å². The van der Waals surface area contributed by atoms with Gasteiger partial charge in [0.05, 0.1) is 17.1 Å². The molecule has 6 nitrogen and oxygen atoms in total. The van der Waals surface area contributed by atoms with Crippen molar-refractivity contribution < 1.29 is 0 Å². The van der Waals surface area contributed by atoms with Gasteiger partial charge in [0, 0.05) is 11.6 Å². The van der Waals surface area contributed by atoms with Crippen LogP contribution in [0.25, 0.3) is 28.3 Å². The normalized spacial score (nSPS) is 10.5. The van der Waals surface area contributed by atoms with E-state index in [1.54, 1.807) is 10.7 Å². The van der Waals surface area contributed by atoms with E-state index >= 15 is 0 Å². The molecule has 0 aliphatic heterocycles. The molecule has 120 valence electrons. The minimum Gasteiger partial charge on any atom is -0.382 e. The van der Waals surface area contributed by atoms with Crippen molar-refractivity contribution in [3.63, 3.8) is 0 Å². The standard InChI is InChI=1S/C19H14N6/c20-12-15-18(16-11-17(21)23-22-16)24-25(14-9-5-2-6-10-14)19(15)13-7-3-1-4-8-13/h1-11H,(H3,21,22,23). The quantitative estimate of drug-likeness (QED) is 0.603. The van der Waals surface area contributed by atoms with Gasteiger partial charge in [-0.15, -0.1) is 0 Å². The second-order valence-electron chi connectivity index (χ2n) is 5.50. The molecule has 0 fully saturated rings. The van der Waals surface area contributed by atoms with Crippen molar-refractivity contribution in [2.75, 3.05) is 5.73 Å². The molecule has 0 saturated heterocycles. The maximum Gasteiger partial charge on any atom is 0.145 e. The number of H-pyrrole nitrogens is 1. The SMILES string of the molecule is N#Cc1c(-c2cc(N)n[nH]2)nn(-c2ccccc2)c1-c1ccccc1. The predicted molar refractivity (Wildman–Crippen MR) is 95.7 cm³/mol. The molecule has 2 heterocycles. The first-order valence-corrected chi connectivity index (χ1v) is 7.73. The Morgan fingerprint density at radius 1 is 1.00 bits per heavy atom. The van der Waals surface area contributed by atoms with E-state index in [1.807, 2.05) is 60.7 Å². The molecule has 0 saturated carbocycles. The lowest BCUT2D eigenvalue weighted by molar-refractivity contribution is 0.889. The number of nitriles is 1. The smallest absolute Gasteiger partial charge is 0.145 e. The van der Waals surface area contributed by atoms with Crippen molar-refractivity contribution in [2.24, 2.45) is 0 Å². The van der Waals surface area contributed by atoms with Crippen molar-refractivity contribution in [1.29, 1.82) is 5.26 Å². The minimum atomic E-state index is 0.356. The Morgan fingerprint density at radius 2 is 1.68 bits per heavy atom. The van der Waals surface area contributed by atoms with Crippen LogP contribution in [0.1, 0.15) is 5.56 Å². The molecule has 0 unspecified atom stereocenters. The second-order valence-corrected chi connectivity index (χ2v) is 5.50. The van der Waals surface area contributed by atoms with Crippen LogP contribution in [0.3, 0.4) is 0 Å². The third-order valence-electron chi connectivity index (χ3n) is 3.90. The van der Waals surface area contributed by atoms with Crippen LogP contribution in [0.5, 0.6) is 0 Å². The number of nitrogens with zero attached hydrogens (tertiary/aromatic N) is 4. The zero-order valence-corrected chi connectivity index (χ0v) is 13.2. The van der Waals surface area contributed by atoms with Gasteiger partial charge in [-0.25, -0.2) is 4.68 Å². The van der Waals surface area contributed by atoms with E-state index in [-0.39, 0.29) is 0 Å². The van der Waals surface area contributed by atoms with Crippen molar-refractivity contribution in [1.82, 2.24) is 20.0 Å². The highest BCUT2D eigenvalue weighted by atomic mass is 15.3. The van der Waals surface area contributed by atoms with Crippen LogP contribution in [0.4, 0.5) is 5.82 Å². The molecule has 4 rings (SSSR count). The maximum atomic E-state index is 9.82. The fraction of sp³-hybridized carbons (Fsp3) is 0. The van der Waals surface area contributed by atoms with Gasteiger partial charge in [-0.1, -0.05) is 48.5 Å². The highest BCUT2D eigenvalue weighted by molar-refractivity contribution is 5.78. The van der Waals surface area contributed by atoms with Crippen LogP contribution >= 0.6 is 0 Å². The van der Waals surface area contributed by atoms with Crippen LogP contribution in [0.2, 0.25) is 0 Å². The zero-order valence-electron chi connectivity index (χ0n) is 13.2. The number of rotatable bonds is 3. The zero-order chi connectivity index (χ0) is 17.2. The summed E-state index contributed by atoms with van der Waals surface area (Å²) < 4.78 is 1.78. The fourth-order valence-corrected chi connectivity index (χ4v) is 2.79. The van der Waals surface area contributed by atoms with Crippen LogP contribution < -0.4 is 5.73 Å². The third kappa shape index (κ3) is 2.54. The van der Waals surface area contributed by atoms with Gasteiger partial charge >= 0.3 is 0 Å². The van der Waals surface area contributed by atoms with Gasteiger partial charge in [-0.3, -0.25) is 5.10 Å². The highest BCUT2D eigenvalue weighted by Gasteiger charge is 2.22. The molecule has 2 aromatic carbocycles. The van der Waals surface area contributed by atoms with E-state index in [0.29, 0.717) is 22.8 Å². The van der Waals surface area contributed by atoms with E-state index in [1.165, 1.54) is 0 Å². The summed E-state index contributed by atoms with van der Waals surface area (Å²) in [6, 6.07) is 23.4. The number of aromatic amines is 1. The van der Waals surface area contributed by atoms with E-state index in [0.717, 1.165) is 16.9 Å². The van der Waals surface area contributed by atoms with Gasteiger partial charge in [0.25, 0.3) is 0 Å². The Bertz CT molecular complexity index is 1050. The molecule has 0 aliphatic carbocycles. The van der Waals surface area contributed by atoms with E-state index < -0.39 is 0 Å². The number of nitrogen functional groups attached to an aromatic ring is 1. The fourth-order valence-electron chi connectivity index (χ4n) is 2.79. The molecule has 0 amide bonds. The number of para-hydroxylation sites is 1. The molecular weight excluding hydrogens is 312 g/mol. The van der Waals surface area contributed by atoms with Crippen LogP contribution in [-0.2, 0) is 0 Å². The van der Waals surface area contributed by atoms with Crippen LogP contribution in [0.15, 0.2) is 66.7 Å². The first-order chi connectivity index (χ1) is 12.3. The van der Waals surface area contributed by atoms with Crippen LogP contribution in [0, 0.1) is 11.3 Å². The summed E-state index contributed by atoms with van der Waals surface area (Å²) in [5.74, 6) is 0.356. The number of anilines is 1. The van der Waals surface area contributed by atoms with E-state index in [2.05, 4.69) is 21.4 Å². The van der Waals surface area contributed by atoms with Crippen molar-refractivity contribution >= 4 is 5.82 Å². The molecule has 2 aromatic heterocycles. The summed E-state index contributed by atoms with van der Waals surface area (Å²) in [5, 5.41) is 21.3. The van der Waals surface area contributed by atoms with Gasteiger partial charge in [0.2, 0.25) is 0 Å². The summed E-state index contributed by atoms with van der Waals surface area (Å²) in [5.41, 5.74) is 9.84. The number of nitrogens with two attached hydrogens (primary N) is 1. The monoisotopic (exact) mass is 326 g/mol. The number of aromatic nitrogens is 4. The Morgan fingerprint density at radius 3 is 2.28 bits per heavy atom. The first-order valence-electron chi connectivity index (χ1n) is 7.73. The summed E-state index contributed by atoms with van der Waals surface area (Å²) in [6.45, 7) is 0. The molecule has 4 aromatic rings. The summed E-state index contributed by atoms with van der Waals surface area (Å²) in [4.78, 5) is 0. The maximum absolute atomic E-state index is 9.82. The van der Waals surface area contributed by atoms with Crippen molar-refractivity contribution in [3.8, 4) is 34.4 Å². The largest absolute Gasteiger partial charge is 0.382 e. The lowest BCUT2D eigenvalue weighted by Gasteiger charge is -2.07. The second kappa shape index (κ2) is 5.98. The molecule has 0 atom stereocenters. The Hall–Kier alpha value is -3.85. The van der Waals surface area contributed by atoms with Gasteiger partial charge in [-0.2, -0.15) is 15.5 Å². The predicted octanol–water partition coefficient (Wildman–Crippen LogP) is 3.38. The third-order valence-corrected chi connectivity index (χ3v) is 3.90. The average molecular weight is 326 g/mol. The van der Waals surface area contributed by atoms with Crippen molar-refractivity contribution in [2.45, 2.75) is 0 Å². The van der Waals surface area contributed by atoms with Gasteiger partial charge in [0.15, 0.2) is 0 Å². The number of hydrogen-bond acceptors (Lipinski definition) is 4. The molecule has 0 aliphatic rings. The van der Waals surface area contributed by atoms with Crippen molar-refractivity contribution in [3.05, 3.63) is 72.3 Å². The first kappa shape index (κ1) is 14.7. The minimum absolute atomic E-state index is 0.356. The highest BCUT2D eigenvalue weighted by Crippen LogP contribution is 2.33. The summed E-state index contributed by atoms with van der Waals surface area (Å²) >= 11 is 0. The molecule has 0 radical (unpaired) electrons. The lowest BCUT2D eigenvalue weighted by Crippen LogP contribution is -1.99. The molecular formula is C19H14N6. The molecule has 25 heavy (non-hydrogen) atoms. The average Bonchev–Trinajstić information content (AvgIpc) is 3.26. The molecule has 0 bridgehead atoms. The number of benzene rings is 2. The Labute approximate surface area is 144 Å². The molecule has 3 N–H and O–H groups in total. The Kier molecular flexibility index (Phi) is 3.52. The van der Waals surface area contributed by atoms with Crippen LogP contribution in [-0.4, -0.2) is 20.0 Å². The lowest BCUT2D eigenvalue weighted by atomic mass is 10.1. The van der Waals surface area contributed by atoms with Gasteiger partial charge < -0.3 is 5.73 Å². The molecule has 0 spiro atoms. The number of nitrogens with one attached hydrogen (secondary N) is 1. The molecule has 6 heteroatoms.